The number of carbonyl (C=O) groups is 1. The van der Waals surface area contributed by atoms with Crippen LogP contribution in [-0.2, 0) is 4.79 Å². The Balaban J connectivity index is 1.96. The van der Waals surface area contributed by atoms with Gasteiger partial charge in [-0.05, 0) is 54.1 Å². The van der Waals surface area contributed by atoms with E-state index in [0.29, 0.717) is 35.4 Å². The summed E-state index contributed by atoms with van der Waals surface area (Å²) in [5.41, 5.74) is 2.54. The monoisotopic (exact) mass is 339 g/mol. The van der Waals surface area contributed by atoms with Crippen LogP contribution in [0.1, 0.15) is 18.1 Å². The largest absolute Gasteiger partial charge is 0.295 e. The summed E-state index contributed by atoms with van der Waals surface area (Å²) < 4.78 is 26.8. The Morgan fingerprint density at radius 3 is 1.80 bits per heavy atom. The first-order chi connectivity index (χ1) is 12.0. The molecule has 0 bridgehead atoms. The Kier molecular flexibility index (Phi) is 5.19. The number of rotatable bonds is 3. The second-order valence-corrected chi connectivity index (χ2v) is 6.08. The Morgan fingerprint density at radius 1 is 0.920 bits per heavy atom. The average molecular weight is 339 g/mol. The average Bonchev–Trinajstić information content (AvgIpc) is 2.58. The highest BCUT2D eigenvalue weighted by molar-refractivity contribution is 6.14. The molecule has 0 atom stereocenters. The number of ketones is 1. The van der Waals surface area contributed by atoms with Crippen LogP contribution >= 0.6 is 0 Å². The molecule has 1 saturated heterocycles. The molecule has 0 saturated carbocycles. The van der Waals surface area contributed by atoms with Crippen molar-refractivity contribution in [2.24, 2.45) is 0 Å². The lowest BCUT2D eigenvalue weighted by Crippen LogP contribution is -2.37. The number of likely N-dealkylation sites (tertiary alicyclic amines) is 1. The van der Waals surface area contributed by atoms with Crippen molar-refractivity contribution in [3.8, 4) is 0 Å². The molecule has 2 aromatic rings. The normalized spacial score (nSPS) is 18.9. The van der Waals surface area contributed by atoms with Crippen LogP contribution in [-0.4, -0.2) is 30.3 Å². The summed E-state index contributed by atoms with van der Waals surface area (Å²) in [7, 11) is 0. The molecule has 0 aromatic heterocycles. The van der Waals surface area contributed by atoms with Crippen molar-refractivity contribution >= 4 is 17.9 Å². The first-order valence-corrected chi connectivity index (χ1v) is 8.24. The fourth-order valence-corrected chi connectivity index (χ4v) is 2.93. The third-order valence-electron chi connectivity index (χ3n) is 4.20. The van der Waals surface area contributed by atoms with E-state index in [1.165, 1.54) is 24.3 Å². The zero-order valence-corrected chi connectivity index (χ0v) is 14.0. The lowest BCUT2D eigenvalue weighted by Gasteiger charge is -2.28. The van der Waals surface area contributed by atoms with E-state index in [4.69, 9.17) is 0 Å². The molecule has 2 nitrogen and oxygen atoms in total. The number of hydrogen-bond acceptors (Lipinski definition) is 2. The molecule has 0 amide bonds. The van der Waals surface area contributed by atoms with Crippen LogP contribution in [0.2, 0.25) is 0 Å². The van der Waals surface area contributed by atoms with Gasteiger partial charge in [0.1, 0.15) is 11.6 Å². The molecule has 1 aliphatic rings. The number of hydrogen-bond donors (Lipinski definition) is 0. The van der Waals surface area contributed by atoms with Crippen LogP contribution < -0.4 is 0 Å². The summed E-state index contributed by atoms with van der Waals surface area (Å²) in [6, 6.07) is 12.3. The minimum atomic E-state index is -0.333. The fourth-order valence-electron chi connectivity index (χ4n) is 2.93. The molecule has 3 rings (SSSR count). The molecule has 0 N–H and O–H groups in total. The second-order valence-electron chi connectivity index (χ2n) is 6.08. The van der Waals surface area contributed by atoms with Crippen LogP contribution in [0, 0.1) is 11.6 Å². The predicted octanol–water partition coefficient (Wildman–Crippen LogP) is 4.34. The van der Waals surface area contributed by atoms with E-state index in [1.54, 1.807) is 36.4 Å². The maximum absolute atomic E-state index is 13.4. The first kappa shape index (κ1) is 17.2. The quantitative estimate of drug-likeness (QED) is 0.776. The van der Waals surface area contributed by atoms with Gasteiger partial charge in [0, 0.05) is 24.2 Å². The predicted molar refractivity (Wildman–Crippen MR) is 95.9 cm³/mol. The van der Waals surface area contributed by atoms with E-state index in [9.17, 15) is 13.6 Å². The SMILES string of the molecule is CCN1C/C(=C/c2cccc(F)c2)C(=O)/C(=C/c2cccc(F)c2)C1. The molecule has 0 unspecified atom stereocenters. The molecule has 25 heavy (non-hydrogen) atoms. The highest BCUT2D eigenvalue weighted by atomic mass is 19.1. The van der Waals surface area contributed by atoms with E-state index in [-0.39, 0.29) is 17.4 Å². The van der Waals surface area contributed by atoms with Crippen LogP contribution in [0.25, 0.3) is 12.2 Å². The number of benzene rings is 2. The minimum absolute atomic E-state index is 0.0711. The number of likely N-dealkylation sites (N-methyl/N-ethyl adjacent to an activating group) is 1. The van der Waals surface area contributed by atoms with Gasteiger partial charge >= 0.3 is 0 Å². The minimum Gasteiger partial charge on any atom is -0.295 e. The maximum Gasteiger partial charge on any atom is 0.187 e. The standard InChI is InChI=1S/C21H19F2NO/c1-2-24-13-17(9-15-5-3-7-19(22)11-15)21(25)18(14-24)10-16-6-4-8-20(23)12-16/h3-12H,2,13-14H2,1H3/b17-9-,18-10+. The highest BCUT2D eigenvalue weighted by Crippen LogP contribution is 2.22. The summed E-state index contributed by atoms with van der Waals surface area (Å²) in [5, 5.41) is 0. The zero-order chi connectivity index (χ0) is 17.8. The fraction of sp³-hybridized carbons (Fsp3) is 0.190. The molecule has 0 radical (unpaired) electrons. The van der Waals surface area contributed by atoms with Crippen molar-refractivity contribution in [2.45, 2.75) is 6.92 Å². The number of carbonyl (C=O) groups excluding carboxylic acids is 1. The van der Waals surface area contributed by atoms with Crippen molar-refractivity contribution in [3.05, 3.63) is 82.4 Å². The van der Waals surface area contributed by atoms with Gasteiger partial charge in [-0.25, -0.2) is 8.78 Å². The molecule has 4 heteroatoms. The van der Waals surface area contributed by atoms with Crippen molar-refractivity contribution in [1.82, 2.24) is 4.90 Å². The van der Waals surface area contributed by atoms with Gasteiger partial charge in [-0.3, -0.25) is 9.69 Å². The van der Waals surface area contributed by atoms with E-state index in [1.807, 2.05) is 6.92 Å². The summed E-state index contributed by atoms with van der Waals surface area (Å²) >= 11 is 0. The number of halogens is 2. The van der Waals surface area contributed by atoms with Gasteiger partial charge in [0.15, 0.2) is 5.78 Å². The summed E-state index contributed by atoms with van der Waals surface area (Å²) in [5.74, 6) is -0.737. The van der Waals surface area contributed by atoms with Gasteiger partial charge in [-0.1, -0.05) is 31.2 Å². The first-order valence-electron chi connectivity index (χ1n) is 8.24. The molecular formula is C21H19F2NO. The van der Waals surface area contributed by atoms with Crippen LogP contribution in [0.5, 0.6) is 0 Å². The van der Waals surface area contributed by atoms with E-state index in [2.05, 4.69) is 4.90 Å². The number of Topliss-reactive ketones (excluding diaryl/α,β-unsaturated/α-hetero) is 1. The third-order valence-corrected chi connectivity index (χ3v) is 4.20. The van der Waals surface area contributed by atoms with Gasteiger partial charge in [-0.2, -0.15) is 0 Å². The number of piperidine rings is 1. The van der Waals surface area contributed by atoms with Crippen molar-refractivity contribution < 1.29 is 13.6 Å². The Labute approximate surface area is 146 Å². The van der Waals surface area contributed by atoms with Crippen LogP contribution in [0.3, 0.4) is 0 Å². The molecular weight excluding hydrogens is 320 g/mol. The molecule has 0 aliphatic carbocycles. The van der Waals surface area contributed by atoms with Gasteiger partial charge in [0.2, 0.25) is 0 Å². The second kappa shape index (κ2) is 7.53. The van der Waals surface area contributed by atoms with Gasteiger partial charge in [0.25, 0.3) is 0 Å². The summed E-state index contributed by atoms with van der Waals surface area (Å²) in [6.07, 6.45) is 3.46. The van der Waals surface area contributed by atoms with Crippen LogP contribution in [0.4, 0.5) is 8.78 Å². The lowest BCUT2D eigenvalue weighted by atomic mass is 9.94. The smallest absolute Gasteiger partial charge is 0.187 e. The van der Waals surface area contributed by atoms with Gasteiger partial charge in [0.05, 0.1) is 0 Å². The Bertz CT molecular complexity index is 787. The Morgan fingerprint density at radius 2 is 1.40 bits per heavy atom. The molecule has 1 fully saturated rings. The van der Waals surface area contributed by atoms with Crippen molar-refractivity contribution in [1.29, 1.82) is 0 Å². The lowest BCUT2D eigenvalue weighted by molar-refractivity contribution is -0.113. The van der Waals surface area contributed by atoms with Gasteiger partial charge < -0.3 is 0 Å². The van der Waals surface area contributed by atoms with Crippen LogP contribution in [0.15, 0.2) is 59.7 Å². The zero-order valence-electron chi connectivity index (χ0n) is 14.0. The summed E-state index contributed by atoms with van der Waals surface area (Å²) in [4.78, 5) is 14.9. The number of nitrogens with zero attached hydrogens (tertiary/aromatic N) is 1. The Hall–Kier alpha value is -2.59. The summed E-state index contributed by atoms with van der Waals surface area (Å²) in [6.45, 7) is 3.85. The maximum atomic E-state index is 13.4. The topological polar surface area (TPSA) is 20.3 Å². The molecule has 128 valence electrons. The van der Waals surface area contributed by atoms with Crippen molar-refractivity contribution in [2.75, 3.05) is 19.6 Å². The molecule has 2 aromatic carbocycles. The van der Waals surface area contributed by atoms with E-state index >= 15 is 0 Å². The van der Waals surface area contributed by atoms with Gasteiger partial charge in [-0.15, -0.1) is 0 Å². The van der Waals surface area contributed by atoms with E-state index in [0.717, 1.165) is 6.54 Å². The highest BCUT2D eigenvalue weighted by Gasteiger charge is 2.25. The van der Waals surface area contributed by atoms with E-state index < -0.39 is 0 Å². The molecule has 1 aliphatic heterocycles. The third kappa shape index (κ3) is 4.28. The molecule has 1 heterocycles. The molecule has 0 spiro atoms. The van der Waals surface area contributed by atoms with Crippen molar-refractivity contribution in [3.63, 3.8) is 0 Å².